The maximum Gasteiger partial charge on any atom is 0.0559 e. The second-order valence-corrected chi connectivity index (χ2v) is 7.88. The quantitative estimate of drug-likeness (QED) is 0.455. The van der Waals surface area contributed by atoms with Crippen LogP contribution in [0.5, 0.6) is 0 Å². The van der Waals surface area contributed by atoms with E-state index in [9.17, 15) is 0 Å². The lowest BCUT2D eigenvalue weighted by molar-refractivity contribution is 1.41. The molecular formula is C12H6Br2Cl2S2. The third-order valence-electron chi connectivity index (χ3n) is 2.05. The van der Waals surface area contributed by atoms with Gasteiger partial charge in [-0.3, -0.25) is 0 Å². The van der Waals surface area contributed by atoms with Gasteiger partial charge < -0.3 is 0 Å². The van der Waals surface area contributed by atoms with Crippen molar-refractivity contribution < 1.29 is 0 Å². The standard InChI is InChI=1S/C12H6Br2Cl2S2/c13-11-7(15)3-1-5-9(11)17-18-10-6-2-4-8(16)12(10)14/h1-6H. The first kappa shape index (κ1) is 15.1. The van der Waals surface area contributed by atoms with Crippen LogP contribution in [0.25, 0.3) is 0 Å². The molecule has 0 saturated heterocycles. The van der Waals surface area contributed by atoms with Crippen molar-refractivity contribution in [2.75, 3.05) is 0 Å². The largest absolute Gasteiger partial charge is 0.0831 e. The molecule has 94 valence electrons. The lowest BCUT2D eigenvalue weighted by atomic mass is 10.4. The van der Waals surface area contributed by atoms with Crippen LogP contribution >= 0.6 is 76.6 Å². The van der Waals surface area contributed by atoms with Gasteiger partial charge in [-0.2, -0.15) is 0 Å². The molecule has 0 atom stereocenters. The van der Waals surface area contributed by atoms with Crippen molar-refractivity contribution >= 4 is 76.6 Å². The van der Waals surface area contributed by atoms with E-state index in [-0.39, 0.29) is 0 Å². The first-order valence-electron chi connectivity index (χ1n) is 4.82. The van der Waals surface area contributed by atoms with Crippen molar-refractivity contribution in [2.45, 2.75) is 9.79 Å². The summed E-state index contributed by atoms with van der Waals surface area (Å²) in [6.45, 7) is 0. The second kappa shape index (κ2) is 6.91. The average Bonchev–Trinajstić information content (AvgIpc) is 2.36. The van der Waals surface area contributed by atoms with E-state index < -0.39 is 0 Å². The molecule has 0 aliphatic heterocycles. The first-order valence-corrected chi connectivity index (χ1v) is 9.31. The van der Waals surface area contributed by atoms with E-state index in [0.717, 1.165) is 18.7 Å². The summed E-state index contributed by atoms with van der Waals surface area (Å²) < 4.78 is 1.84. The zero-order chi connectivity index (χ0) is 13.1. The second-order valence-electron chi connectivity index (χ2n) is 3.27. The third kappa shape index (κ3) is 3.62. The Morgan fingerprint density at radius 2 is 1.11 bits per heavy atom. The third-order valence-corrected chi connectivity index (χ3v) is 7.82. The average molecular weight is 445 g/mol. The summed E-state index contributed by atoms with van der Waals surface area (Å²) in [6, 6.07) is 11.6. The Morgan fingerprint density at radius 1 is 0.722 bits per heavy atom. The summed E-state index contributed by atoms with van der Waals surface area (Å²) in [6.07, 6.45) is 0. The van der Waals surface area contributed by atoms with Crippen LogP contribution in [0.2, 0.25) is 10.0 Å². The Bertz CT molecular complexity index is 524. The molecule has 2 aromatic carbocycles. The van der Waals surface area contributed by atoms with Crippen LogP contribution in [0.15, 0.2) is 55.1 Å². The molecule has 0 aromatic heterocycles. The maximum absolute atomic E-state index is 6.05. The van der Waals surface area contributed by atoms with Gasteiger partial charge in [-0.05, 0) is 56.1 Å². The van der Waals surface area contributed by atoms with Crippen LogP contribution in [0.4, 0.5) is 0 Å². The molecule has 0 radical (unpaired) electrons. The SMILES string of the molecule is Clc1cccc(SSc2cccc(Cl)c2Br)c1Br. The Balaban J connectivity index is 2.17. The predicted octanol–water partition coefficient (Wildman–Crippen LogP) is 7.32. The van der Waals surface area contributed by atoms with Crippen molar-refractivity contribution in [2.24, 2.45) is 0 Å². The molecule has 0 nitrogen and oxygen atoms in total. The first-order chi connectivity index (χ1) is 8.59. The predicted molar refractivity (Wildman–Crippen MR) is 90.0 cm³/mol. The van der Waals surface area contributed by atoms with E-state index in [1.54, 1.807) is 21.6 Å². The molecule has 0 unspecified atom stereocenters. The van der Waals surface area contributed by atoms with E-state index in [2.05, 4.69) is 31.9 Å². The highest BCUT2D eigenvalue weighted by Gasteiger charge is 2.08. The van der Waals surface area contributed by atoms with Gasteiger partial charge in [-0.1, -0.05) is 56.9 Å². The van der Waals surface area contributed by atoms with Gasteiger partial charge in [0.05, 0.1) is 19.0 Å². The zero-order valence-corrected chi connectivity index (χ0v) is 15.1. The van der Waals surface area contributed by atoms with Gasteiger partial charge in [0.1, 0.15) is 0 Å². The molecule has 2 rings (SSSR count). The number of benzene rings is 2. The molecule has 0 spiro atoms. The Labute approximate surface area is 140 Å². The minimum atomic E-state index is 0.714. The molecule has 0 aliphatic carbocycles. The molecule has 0 amide bonds. The molecule has 0 bridgehead atoms. The molecule has 18 heavy (non-hydrogen) atoms. The minimum absolute atomic E-state index is 0.714. The summed E-state index contributed by atoms with van der Waals surface area (Å²) in [5, 5.41) is 1.43. The maximum atomic E-state index is 6.05. The zero-order valence-electron chi connectivity index (χ0n) is 8.79. The molecular weight excluding hydrogens is 439 g/mol. The van der Waals surface area contributed by atoms with Crippen molar-refractivity contribution in [3.8, 4) is 0 Å². The minimum Gasteiger partial charge on any atom is -0.0831 e. The molecule has 0 aliphatic rings. The van der Waals surface area contributed by atoms with E-state index in [1.165, 1.54) is 0 Å². The Kier molecular flexibility index (Phi) is 5.79. The fraction of sp³-hybridized carbons (Fsp3) is 0. The lowest BCUT2D eigenvalue weighted by Crippen LogP contribution is -1.76. The summed E-state index contributed by atoms with van der Waals surface area (Å²) in [7, 11) is 3.27. The summed E-state index contributed by atoms with van der Waals surface area (Å²) in [5.74, 6) is 0. The van der Waals surface area contributed by atoms with Crippen LogP contribution in [0.1, 0.15) is 0 Å². The highest BCUT2D eigenvalue weighted by atomic mass is 79.9. The molecule has 0 fully saturated rings. The van der Waals surface area contributed by atoms with Gasteiger partial charge in [0.15, 0.2) is 0 Å². The molecule has 0 N–H and O–H groups in total. The summed E-state index contributed by atoms with van der Waals surface area (Å²) in [5.41, 5.74) is 0. The Hall–Kier alpha value is 0.680. The monoisotopic (exact) mass is 442 g/mol. The fourth-order valence-corrected chi connectivity index (χ4v) is 5.49. The van der Waals surface area contributed by atoms with E-state index in [0.29, 0.717) is 10.0 Å². The Morgan fingerprint density at radius 3 is 1.50 bits per heavy atom. The van der Waals surface area contributed by atoms with Crippen molar-refractivity contribution in [3.05, 3.63) is 55.4 Å². The molecule has 2 aromatic rings. The molecule has 6 heteroatoms. The van der Waals surface area contributed by atoms with Crippen LogP contribution in [-0.4, -0.2) is 0 Å². The van der Waals surface area contributed by atoms with E-state index in [1.807, 2.05) is 36.4 Å². The van der Waals surface area contributed by atoms with E-state index >= 15 is 0 Å². The van der Waals surface area contributed by atoms with Crippen LogP contribution in [0, 0.1) is 0 Å². The highest BCUT2D eigenvalue weighted by Crippen LogP contribution is 2.45. The van der Waals surface area contributed by atoms with Gasteiger partial charge in [-0.25, -0.2) is 0 Å². The van der Waals surface area contributed by atoms with Crippen LogP contribution < -0.4 is 0 Å². The normalized spacial score (nSPS) is 10.7. The smallest absolute Gasteiger partial charge is 0.0559 e. The van der Waals surface area contributed by atoms with E-state index in [4.69, 9.17) is 23.2 Å². The summed E-state index contributed by atoms with van der Waals surface area (Å²) >= 11 is 19.1. The van der Waals surface area contributed by atoms with Gasteiger partial charge in [0, 0.05) is 9.79 Å². The van der Waals surface area contributed by atoms with Crippen LogP contribution in [0.3, 0.4) is 0 Å². The van der Waals surface area contributed by atoms with Crippen molar-refractivity contribution in [3.63, 3.8) is 0 Å². The van der Waals surface area contributed by atoms with Gasteiger partial charge >= 0.3 is 0 Å². The number of hydrogen-bond acceptors (Lipinski definition) is 2. The van der Waals surface area contributed by atoms with Gasteiger partial charge in [0.25, 0.3) is 0 Å². The number of rotatable bonds is 3. The number of hydrogen-bond donors (Lipinski definition) is 0. The highest BCUT2D eigenvalue weighted by molar-refractivity contribution is 9.11. The lowest BCUT2D eigenvalue weighted by Gasteiger charge is -2.07. The van der Waals surface area contributed by atoms with Gasteiger partial charge in [0.2, 0.25) is 0 Å². The van der Waals surface area contributed by atoms with Gasteiger partial charge in [-0.15, -0.1) is 0 Å². The fourth-order valence-electron chi connectivity index (χ4n) is 1.19. The number of halogens is 4. The van der Waals surface area contributed by atoms with Crippen LogP contribution in [-0.2, 0) is 0 Å². The topological polar surface area (TPSA) is 0 Å². The van der Waals surface area contributed by atoms with Crippen molar-refractivity contribution in [1.82, 2.24) is 0 Å². The molecule has 0 heterocycles. The molecule has 0 saturated carbocycles. The summed E-state index contributed by atoms with van der Waals surface area (Å²) in [4.78, 5) is 2.17. The van der Waals surface area contributed by atoms with Crippen molar-refractivity contribution in [1.29, 1.82) is 0 Å².